The second kappa shape index (κ2) is 6.76. The zero-order valence-electron chi connectivity index (χ0n) is 10.9. The predicted molar refractivity (Wildman–Crippen MR) is 76.9 cm³/mol. The number of aromatic nitrogens is 2. The number of rotatable bonds is 6. The van der Waals surface area contributed by atoms with E-state index in [4.69, 9.17) is 11.6 Å². The molecule has 1 aromatic heterocycles. The Morgan fingerprint density at radius 1 is 1.47 bits per heavy atom. The predicted octanol–water partition coefficient (Wildman–Crippen LogP) is 3.15. The lowest BCUT2D eigenvalue weighted by atomic mass is 10.1. The molecule has 0 fully saturated rings. The molecule has 5 heteroatoms. The molecule has 0 radical (unpaired) electrons. The molecule has 0 saturated heterocycles. The van der Waals surface area contributed by atoms with E-state index >= 15 is 0 Å². The number of halogens is 2. The molecule has 1 atom stereocenters. The van der Waals surface area contributed by atoms with Gasteiger partial charge in [0.1, 0.15) is 0 Å². The molecule has 0 spiro atoms. The van der Waals surface area contributed by atoms with Crippen LogP contribution < -0.4 is 5.32 Å². The Morgan fingerprint density at radius 3 is 2.53 bits per heavy atom. The van der Waals surface area contributed by atoms with Gasteiger partial charge in [0, 0.05) is 25.0 Å². The minimum atomic E-state index is 0.450. The van der Waals surface area contributed by atoms with Gasteiger partial charge in [0.25, 0.3) is 0 Å². The van der Waals surface area contributed by atoms with Crippen LogP contribution in [0.5, 0.6) is 0 Å². The molecule has 98 valence electrons. The molecule has 0 bridgehead atoms. The summed E-state index contributed by atoms with van der Waals surface area (Å²) in [5.41, 5.74) is 2.04. The van der Waals surface area contributed by atoms with Crippen molar-refractivity contribution in [3.63, 3.8) is 0 Å². The number of aryl methyl sites for hydroxylation is 2. The van der Waals surface area contributed by atoms with E-state index in [1.165, 1.54) is 0 Å². The Labute approximate surface area is 117 Å². The fourth-order valence-corrected chi connectivity index (χ4v) is 3.05. The van der Waals surface area contributed by atoms with Crippen LogP contribution in [0.1, 0.15) is 32.2 Å². The third-order valence-electron chi connectivity index (χ3n) is 3.01. The van der Waals surface area contributed by atoms with Crippen LogP contribution in [0.4, 0.5) is 0 Å². The number of hydrogen-bond acceptors (Lipinski definition) is 2. The SMILES string of the molecule is CCc1nn(C)c(CNC(CBr)C(C)C)c1Cl. The fraction of sp³-hybridized carbons (Fsp3) is 0.750. The van der Waals surface area contributed by atoms with Crippen molar-refractivity contribution in [2.24, 2.45) is 13.0 Å². The number of nitrogens with zero attached hydrogens (tertiary/aromatic N) is 2. The second-order valence-corrected chi connectivity index (χ2v) is 5.60. The molecular formula is C12H21BrClN3. The van der Waals surface area contributed by atoms with Crippen LogP contribution in [-0.4, -0.2) is 21.2 Å². The Bertz CT molecular complexity index is 363. The minimum absolute atomic E-state index is 0.450. The highest BCUT2D eigenvalue weighted by molar-refractivity contribution is 9.09. The van der Waals surface area contributed by atoms with Gasteiger partial charge in [-0.25, -0.2) is 0 Å². The summed E-state index contributed by atoms with van der Waals surface area (Å²) >= 11 is 9.83. The summed E-state index contributed by atoms with van der Waals surface area (Å²) in [5.74, 6) is 0.590. The first-order valence-electron chi connectivity index (χ1n) is 6.00. The maximum absolute atomic E-state index is 6.30. The zero-order chi connectivity index (χ0) is 13.0. The molecule has 0 aliphatic heterocycles. The van der Waals surface area contributed by atoms with Crippen LogP contribution in [0, 0.1) is 5.92 Å². The van der Waals surface area contributed by atoms with E-state index in [1.54, 1.807) is 0 Å². The zero-order valence-corrected chi connectivity index (χ0v) is 13.3. The molecule has 1 heterocycles. The van der Waals surface area contributed by atoms with Gasteiger partial charge in [-0.1, -0.05) is 48.3 Å². The van der Waals surface area contributed by atoms with E-state index in [0.717, 1.165) is 34.7 Å². The molecule has 0 saturated carbocycles. The van der Waals surface area contributed by atoms with Crippen LogP contribution in [0.15, 0.2) is 0 Å². The highest BCUT2D eigenvalue weighted by atomic mass is 79.9. The van der Waals surface area contributed by atoms with Crippen LogP contribution in [0.3, 0.4) is 0 Å². The smallest absolute Gasteiger partial charge is 0.0863 e. The summed E-state index contributed by atoms with van der Waals surface area (Å²) in [6, 6.07) is 0.450. The first-order chi connectivity index (χ1) is 8.01. The Kier molecular flexibility index (Phi) is 5.97. The molecule has 0 amide bonds. The standard InChI is InChI=1S/C12H21BrClN3/c1-5-9-12(14)11(17(4)16-9)7-15-10(6-13)8(2)3/h8,10,15H,5-7H2,1-4H3. The second-order valence-electron chi connectivity index (χ2n) is 4.57. The van der Waals surface area contributed by atoms with E-state index in [-0.39, 0.29) is 0 Å². The minimum Gasteiger partial charge on any atom is -0.307 e. The first-order valence-corrected chi connectivity index (χ1v) is 7.50. The third kappa shape index (κ3) is 3.70. The summed E-state index contributed by atoms with van der Waals surface area (Å²) in [7, 11) is 1.95. The first kappa shape index (κ1) is 15.0. The van der Waals surface area contributed by atoms with Gasteiger partial charge in [0.05, 0.1) is 16.4 Å². The van der Waals surface area contributed by atoms with E-state index in [9.17, 15) is 0 Å². The number of alkyl halides is 1. The van der Waals surface area contributed by atoms with Crippen molar-refractivity contribution >= 4 is 27.5 Å². The van der Waals surface area contributed by atoms with Crippen molar-refractivity contribution < 1.29 is 0 Å². The molecule has 1 rings (SSSR count). The van der Waals surface area contributed by atoms with E-state index < -0.39 is 0 Å². The van der Waals surface area contributed by atoms with Crippen LogP contribution in [0.25, 0.3) is 0 Å². The Morgan fingerprint density at radius 2 is 2.12 bits per heavy atom. The number of hydrogen-bond donors (Lipinski definition) is 1. The molecule has 1 aromatic rings. The lowest BCUT2D eigenvalue weighted by Gasteiger charge is -2.20. The average molecular weight is 323 g/mol. The van der Waals surface area contributed by atoms with Gasteiger partial charge in [0.15, 0.2) is 0 Å². The number of nitrogens with one attached hydrogen (secondary N) is 1. The van der Waals surface area contributed by atoms with Gasteiger partial charge < -0.3 is 5.32 Å². The van der Waals surface area contributed by atoms with Crippen molar-refractivity contribution in [3.8, 4) is 0 Å². The normalized spacial score (nSPS) is 13.4. The molecule has 1 N–H and O–H groups in total. The monoisotopic (exact) mass is 321 g/mol. The van der Waals surface area contributed by atoms with Crippen LogP contribution in [-0.2, 0) is 20.0 Å². The lowest BCUT2D eigenvalue weighted by molar-refractivity contribution is 0.427. The van der Waals surface area contributed by atoms with Crippen LogP contribution >= 0.6 is 27.5 Å². The average Bonchev–Trinajstić information content (AvgIpc) is 2.56. The molecular weight excluding hydrogens is 302 g/mol. The highest BCUT2D eigenvalue weighted by Crippen LogP contribution is 2.21. The fourth-order valence-electron chi connectivity index (χ4n) is 1.71. The molecule has 0 aliphatic carbocycles. The summed E-state index contributed by atoms with van der Waals surface area (Å²) in [6.45, 7) is 7.25. The topological polar surface area (TPSA) is 29.9 Å². The Hall–Kier alpha value is -0.0600. The molecule has 1 unspecified atom stereocenters. The van der Waals surface area contributed by atoms with E-state index in [0.29, 0.717) is 12.0 Å². The van der Waals surface area contributed by atoms with Crippen LogP contribution in [0.2, 0.25) is 5.02 Å². The Balaban J connectivity index is 2.72. The largest absolute Gasteiger partial charge is 0.307 e. The van der Waals surface area contributed by atoms with E-state index in [1.807, 2.05) is 11.7 Å². The van der Waals surface area contributed by atoms with Crippen molar-refractivity contribution in [2.75, 3.05) is 5.33 Å². The van der Waals surface area contributed by atoms with Gasteiger partial charge >= 0.3 is 0 Å². The van der Waals surface area contributed by atoms with E-state index in [2.05, 4.69) is 47.1 Å². The molecule has 3 nitrogen and oxygen atoms in total. The highest BCUT2D eigenvalue weighted by Gasteiger charge is 2.16. The van der Waals surface area contributed by atoms with Gasteiger partial charge in [-0.3, -0.25) is 4.68 Å². The maximum Gasteiger partial charge on any atom is 0.0863 e. The van der Waals surface area contributed by atoms with Gasteiger partial charge in [-0.15, -0.1) is 0 Å². The summed E-state index contributed by atoms with van der Waals surface area (Å²) < 4.78 is 1.87. The van der Waals surface area contributed by atoms with Crippen molar-refractivity contribution in [3.05, 3.63) is 16.4 Å². The molecule has 0 aromatic carbocycles. The van der Waals surface area contributed by atoms with Gasteiger partial charge in [0.2, 0.25) is 0 Å². The van der Waals surface area contributed by atoms with Gasteiger partial charge in [-0.05, 0) is 12.3 Å². The maximum atomic E-state index is 6.30. The molecule has 0 aliphatic rings. The summed E-state index contributed by atoms with van der Waals surface area (Å²) in [5, 5.41) is 9.67. The van der Waals surface area contributed by atoms with Crippen molar-refractivity contribution in [1.82, 2.24) is 15.1 Å². The quantitative estimate of drug-likeness (QED) is 0.815. The van der Waals surface area contributed by atoms with Gasteiger partial charge in [-0.2, -0.15) is 5.10 Å². The van der Waals surface area contributed by atoms with Crippen molar-refractivity contribution in [2.45, 2.75) is 39.8 Å². The van der Waals surface area contributed by atoms with Crippen molar-refractivity contribution in [1.29, 1.82) is 0 Å². The summed E-state index contributed by atoms with van der Waals surface area (Å²) in [4.78, 5) is 0. The summed E-state index contributed by atoms with van der Waals surface area (Å²) in [6.07, 6.45) is 0.874. The lowest BCUT2D eigenvalue weighted by Crippen LogP contribution is -2.35. The molecule has 17 heavy (non-hydrogen) atoms. The third-order valence-corrected chi connectivity index (χ3v) is 4.14.